The van der Waals surface area contributed by atoms with Crippen LogP contribution in [0.3, 0.4) is 0 Å². The molecule has 2 aliphatic heterocycles. The molecule has 1 fully saturated rings. The van der Waals surface area contributed by atoms with Gasteiger partial charge < -0.3 is 10.5 Å². The summed E-state index contributed by atoms with van der Waals surface area (Å²) in [4.78, 5) is 27.8. The van der Waals surface area contributed by atoms with Gasteiger partial charge in [-0.25, -0.2) is 4.90 Å². The fourth-order valence-electron chi connectivity index (χ4n) is 3.90. The zero-order valence-corrected chi connectivity index (χ0v) is 16.8. The summed E-state index contributed by atoms with van der Waals surface area (Å²) in [6, 6.07) is 16.6. The summed E-state index contributed by atoms with van der Waals surface area (Å²) < 4.78 is 5.21. The number of hydrogen-bond acceptors (Lipinski definition) is 6. The molecule has 0 saturated carbocycles. The Balaban J connectivity index is 1.80. The lowest BCUT2D eigenvalue weighted by atomic mass is 9.79. The van der Waals surface area contributed by atoms with Gasteiger partial charge in [-0.1, -0.05) is 41.6 Å². The largest absolute Gasteiger partial charge is 0.497 e. The van der Waals surface area contributed by atoms with E-state index in [4.69, 9.17) is 10.5 Å². The molecule has 3 atom stereocenters. The Morgan fingerprint density at radius 1 is 1.07 bits per heavy atom. The van der Waals surface area contributed by atoms with Crippen molar-refractivity contribution in [2.45, 2.75) is 18.1 Å². The molecule has 2 aromatic carbocycles. The van der Waals surface area contributed by atoms with Gasteiger partial charge in [-0.05, 0) is 36.8 Å². The van der Waals surface area contributed by atoms with E-state index in [1.165, 1.54) is 4.90 Å². The first-order valence-electron chi connectivity index (χ1n) is 9.11. The van der Waals surface area contributed by atoms with Crippen LogP contribution in [0.15, 0.2) is 59.1 Å². The van der Waals surface area contributed by atoms with Crippen molar-refractivity contribution < 1.29 is 14.3 Å². The molecule has 0 unspecified atom stereocenters. The Morgan fingerprint density at radius 2 is 1.72 bits per heavy atom. The second-order valence-corrected chi connectivity index (χ2v) is 8.24. The van der Waals surface area contributed by atoms with Gasteiger partial charge in [0.1, 0.15) is 11.0 Å². The average Bonchev–Trinajstić information content (AvgIpc) is 2.97. The molecular weight excluding hydrogens is 386 g/mol. The van der Waals surface area contributed by atoms with Gasteiger partial charge in [0.25, 0.3) is 0 Å². The molecule has 0 bridgehead atoms. The van der Waals surface area contributed by atoms with Gasteiger partial charge in [0, 0.05) is 5.92 Å². The van der Waals surface area contributed by atoms with Gasteiger partial charge in [-0.3, -0.25) is 9.59 Å². The molecule has 0 aliphatic carbocycles. The topological polar surface area (TPSA) is 96.4 Å². The number of imide groups is 1. The molecule has 0 spiro atoms. The quantitative estimate of drug-likeness (QED) is 0.789. The Labute approximate surface area is 172 Å². The molecule has 2 aromatic rings. The van der Waals surface area contributed by atoms with Gasteiger partial charge in [0.2, 0.25) is 11.8 Å². The van der Waals surface area contributed by atoms with Crippen LogP contribution in [0.2, 0.25) is 0 Å². The number of nitrogens with zero attached hydrogens (tertiary/aromatic N) is 2. The summed E-state index contributed by atoms with van der Waals surface area (Å²) in [5.41, 5.74) is 8.81. The second kappa shape index (κ2) is 7.30. The molecule has 7 heteroatoms. The third-order valence-electron chi connectivity index (χ3n) is 5.37. The van der Waals surface area contributed by atoms with Crippen molar-refractivity contribution >= 4 is 29.3 Å². The standard InChI is InChI=1S/C22H19N3O3S/c1-12-3-7-14(8-4-12)25-21(26)18-17(13-5-9-15(28-2)10-6-13)16(11-23)20(24)29-19(18)22(25)27/h3-10,17-19H,24H2,1-2H3/t17-,18+,19-/m0/s1. The smallest absolute Gasteiger partial charge is 0.248 e. The highest BCUT2D eigenvalue weighted by atomic mass is 32.2. The third-order valence-corrected chi connectivity index (χ3v) is 6.60. The second-order valence-electron chi connectivity index (χ2n) is 7.05. The van der Waals surface area contributed by atoms with Gasteiger partial charge in [-0.2, -0.15) is 5.26 Å². The normalized spacial score (nSPS) is 23.8. The van der Waals surface area contributed by atoms with E-state index in [0.717, 1.165) is 22.9 Å². The first-order chi connectivity index (χ1) is 14.0. The maximum Gasteiger partial charge on any atom is 0.248 e. The first-order valence-corrected chi connectivity index (χ1v) is 9.99. The fourth-order valence-corrected chi connectivity index (χ4v) is 5.10. The number of allylic oxidation sites excluding steroid dienone is 1. The number of hydrogen-bond donors (Lipinski definition) is 1. The van der Waals surface area contributed by atoms with E-state index in [2.05, 4.69) is 6.07 Å². The van der Waals surface area contributed by atoms with Gasteiger partial charge >= 0.3 is 0 Å². The number of benzene rings is 2. The van der Waals surface area contributed by atoms with E-state index in [9.17, 15) is 14.9 Å². The van der Waals surface area contributed by atoms with Crippen LogP contribution in [0.25, 0.3) is 0 Å². The molecule has 0 aromatic heterocycles. The highest BCUT2D eigenvalue weighted by Crippen LogP contribution is 2.50. The monoisotopic (exact) mass is 405 g/mol. The highest BCUT2D eigenvalue weighted by Gasteiger charge is 2.56. The molecule has 2 aliphatic rings. The SMILES string of the molecule is COc1ccc([C@H]2C(C#N)=C(N)S[C@@H]3C(=O)N(c4ccc(C)cc4)C(=O)[C@@H]32)cc1. The van der Waals surface area contributed by atoms with Gasteiger partial charge in [0.05, 0.1) is 35.4 Å². The summed E-state index contributed by atoms with van der Waals surface area (Å²) in [5.74, 6) is -1.21. The summed E-state index contributed by atoms with van der Waals surface area (Å²) >= 11 is 1.11. The lowest BCUT2D eigenvalue weighted by Crippen LogP contribution is -2.33. The molecule has 29 heavy (non-hydrogen) atoms. The molecule has 2 N–H and O–H groups in total. The van der Waals surface area contributed by atoms with Crippen LogP contribution in [-0.2, 0) is 9.59 Å². The van der Waals surface area contributed by atoms with E-state index in [1.807, 2.05) is 31.2 Å². The molecular formula is C22H19N3O3S. The summed E-state index contributed by atoms with van der Waals surface area (Å²) in [6.07, 6.45) is 0. The minimum absolute atomic E-state index is 0.293. The molecule has 2 amide bonds. The van der Waals surface area contributed by atoms with Crippen LogP contribution in [-0.4, -0.2) is 24.2 Å². The van der Waals surface area contributed by atoms with Gasteiger partial charge in [0.15, 0.2) is 0 Å². The maximum atomic E-state index is 13.4. The molecule has 2 heterocycles. The van der Waals surface area contributed by atoms with Crippen LogP contribution in [0.5, 0.6) is 5.75 Å². The number of carbonyl (C=O) groups is 2. The van der Waals surface area contributed by atoms with Crippen LogP contribution in [0.1, 0.15) is 17.0 Å². The molecule has 146 valence electrons. The van der Waals surface area contributed by atoms with E-state index in [1.54, 1.807) is 31.4 Å². The van der Waals surface area contributed by atoms with Crippen molar-refractivity contribution in [3.63, 3.8) is 0 Å². The number of ether oxygens (including phenoxy) is 1. The van der Waals surface area contributed by atoms with Crippen molar-refractivity contribution in [2.75, 3.05) is 12.0 Å². The number of nitrogens with two attached hydrogens (primary N) is 1. The minimum Gasteiger partial charge on any atom is -0.497 e. The molecule has 6 nitrogen and oxygen atoms in total. The van der Waals surface area contributed by atoms with E-state index in [-0.39, 0.29) is 11.8 Å². The van der Waals surface area contributed by atoms with E-state index >= 15 is 0 Å². The van der Waals surface area contributed by atoms with E-state index in [0.29, 0.717) is 22.0 Å². The number of thioether (sulfide) groups is 1. The van der Waals surface area contributed by atoms with Crippen molar-refractivity contribution in [1.82, 2.24) is 0 Å². The Bertz CT molecular complexity index is 1050. The summed E-state index contributed by atoms with van der Waals surface area (Å²) in [7, 11) is 1.57. The maximum absolute atomic E-state index is 13.4. The summed E-state index contributed by atoms with van der Waals surface area (Å²) in [6.45, 7) is 1.94. The number of fused-ring (bicyclic) bond motifs is 1. The molecule has 0 radical (unpaired) electrons. The highest BCUT2D eigenvalue weighted by molar-refractivity contribution is 8.04. The number of carbonyl (C=O) groups excluding carboxylic acids is 2. The lowest BCUT2D eigenvalue weighted by Gasteiger charge is -2.30. The number of amides is 2. The zero-order chi connectivity index (χ0) is 20.7. The Kier molecular flexibility index (Phi) is 4.81. The Hall–Kier alpha value is -3.24. The predicted octanol–water partition coefficient (Wildman–Crippen LogP) is 3.09. The number of methoxy groups -OCH3 is 1. The van der Waals surface area contributed by atoms with Crippen molar-refractivity contribution in [3.8, 4) is 11.8 Å². The average molecular weight is 405 g/mol. The summed E-state index contributed by atoms with van der Waals surface area (Å²) in [5, 5.41) is 9.38. The van der Waals surface area contributed by atoms with Crippen LogP contribution in [0.4, 0.5) is 5.69 Å². The van der Waals surface area contributed by atoms with Crippen LogP contribution in [0, 0.1) is 24.2 Å². The Morgan fingerprint density at radius 3 is 2.31 bits per heavy atom. The zero-order valence-electron chi connectivity index (χ0n) is 16.0. The number of rotatable bonds is 3. The fraction of sp³-hybridized carbons (Fsp3) is 0.227. The lowest BCUT2D eigenvalue weighted by molar-refractivity contribution is -0.122. The predicted molar refractivity (Wildman–Crippen MR) is 111 cm³/mol. The van der Waals surface area contributed by atoms with Crippen LogP contribution >= 0.6 is 11.8 Å². The van der Waals surface area contributed by atoms with Gasteiger partial charge in [-0.15, -0.1) is 0 Å². The molecule has 4 rings (SSSR count). The van der Waals surface area contributed by atoms with E-state index < -0.39 is 17.1 Å². The van der Waals surface area contributed by atoms with Crippen molar-refractivity contribution in [2.24, 2.45) is 11.7 Å². The number of nitriles is 1. The minimum atomic E-state index is -0.691. The van der Waals surface area contributed by atoms with Crippen molar-refractivity contribution in [3.05, 3.63) is 70.3 Å². The number of anilines is 1. The first kappa shape index (κ1) is 19.1. The molecule has 1 saturated heterocycles. The van der Waals surface area contributed by atoms with Crippen LogP contribution < -0.4 is 15.4 Å². The number of aryl methyl sites for hydroxylation is 1. The third kappa shape index (κ3) is 3.06. The van der Waals surface area contributed by atoms with Crippen molar-refractivity contribution in [1.29, 1.82) is 5.26 Å².